The SMILES string of the molecule is CC1COCCN1CCNS(C)(=O)=O. The highest BCUT2D eigenvalue weighted by molar-refractivity contribution is 7.88. The minimum atomic E-state index is -3.05. The van der Waals surface area contributed by atoms with Crippen LogP contribution in [0.4, 0.5) is 0 Å². The third-order valence-corrected chi connectivity index (χ3v) is 3.00. The van der Waals surface area contributed by atoms with Gasteiger partial charge in [-0.05, 0) is 6.92 Å². The fourth-order valence-corrected chi connectivity index (χ4v) is 1.93. The van der Waals surface area contributed by atoms with Crippen LogP contribution in [0.1, 0.15) is 6.92 Å². The summed E-state index contributed by atoms with van der Waals surface area (Å²) in [6, 6.07) is 0.380. The third-order valence-electron chi connectivity index (χ3n) is 2.27. The standard InChI is InChI=1S/C8H18N2O3S/c1-8-7-13-6-5-10(8)4-3-9-14(2,11)12/h8-9H,3-7H2,1-2H3. The van der Waals surface area contributed by atoms with Crippen molar-refractivity contribution >= 4 is 10.0 Å². The first-order valence-electron chi connectivity index (χ1n) is 4.75. The van der Waals surface area contributed by atoms with Gasteiger partial charge < -0.3 is 4.74 Å². The van der Waals surface area contributed by atoms with E-state index in [0.717, 1.165) is 26.3 Å². The molecule has 1 rings (SSSR count). The first-order valence-corrected chi connectivity index (χ1v) is 6.64. The highest BCUT2D eigenvalue weighted by atomic mass is 32.2. The largest absolute Gasteiger partial charge is 0.379 e. The first-order chi connectivity index (χ1) is 6.49. The number of morpholine rings is 1. The van der Waals surface area contributed by atoms with Crippen molar-refractivity contribution in [2.45, 2.75) is 13.0 Å². The minimum Gasteiger partial charge on any atom is -0.379 e. The molecule has 0 amide bonds. The topological polar surface area (TPSA) is 58.6 Å². The van der Waals surface area contributed by atoms with E-state index >= 15 is 0 Å². The van der Waals surface area contributed by atoms with Gasteiger partial charge in [-0.3, -0.25) is 4.90 Å². The highest BCUT2D eigenvalue weighted by Crippen LogP contribution is 2.04. The maximum atomic E-state index is 10.8. The predicted octanol–water partition coefficient (Wildman–Crippen LogP) is -0.744. The summed E-state index contributed by atoms with van der Waals surface area (Å²) in [6.45, 7) is 5.66. The molecule has 0 bridgehead atoms. The van der Waals surface area contributed by atoms with Crippen molar-refractivity contribution in [1.82, 2.24) is 9.62 Å². The number of hydrogen-bond acceptors (Lipinski definition) is 4. The molecule has 1 atom stereocenters. The van der Waals surface area contributed by atoms with Crippen LogP contribution in [0.3, 0.4) is 0 Å². The van der Waals surface area contributed by atoms with E-state index in [9.17, 15) is 8.42 Å². The molecule has 1 N–H and O–H groups in total. The number of hydrogen-bond donors (Lipinski definition) is 1. The summed E-state index contributed by atoms with van der Waals surface area (Å²) >= 11 is 0. The van der Waals surface area contributed by atoms with Crippen LogP contribution in [0.15, 0.2) is 0 Å². The van der Waals surface area contributed by atoms with Crippen LogP contribution in [-0.4, -0.2) is 58.5 Å². The Hall–Kier alpha value is -0.170. The number of sulfonamides is 1. The molecule has 1 unspecified atom stereocenters. The van der Waals surface area contributed by atoms with Crippen molar-refractivity contribution < 1.29 is 13.2 Å². The zero-order valence-electron chi connectivity index (χ0n) is 8.69. The number of ether oxygens (including phenoxy) is 1. The molecule has 1 fully saturated rings. The van der Waals surface area contributed by atoms with Gasteiger partial charge in [-0.25, -0.2) is 13.1 Å². The number of nitrogens with zero attached hydrogens (tertiary/aromatic N) is 1. The fourth-order valence-electron chi connectivity index (χ4n) is 1.47. The molecule has 1 aliphatic heterocycles. The smallest absolute Gasteiger partial charge is 0.208 e. The second-order valence-corrected chi connectivity index (χ2v) is 5.46. The van der Waals surface area contributed by atoms with Gasteiger partial charge >= 0.3 is 0 Å². The van der Waals surface area contributed by atoms with Gasteiger partial charge in [0.25, 0.3) is 0 Å². The molecule has 0 radical (unpaired) electrons. The van der Waals surface area contributed by atoms with E-state index in [4.69, 9.17) is 4.74 Å². The van der Waals surface area contributed by atoms with E-state index in [1.54, 1.807) is 0 Å². The predicted molar refractivity (Wildman–Crippen MR) is 54.7 cm³/mol. The van der Waals surface area contributed by atoms with Gasteiger partial charge in [0.1, 0.15) is 0 Å². The zero-order chi connectivity index (χ0) is 10.6. The average Bonchev–Trinajstić information content (AvgIpc) is 2.06. The Bertz CT molecular complexity index is 266. The molecular formula is C8H18N2O3S. The summed E-state index contributed by atoms with van der Waals surface area (Å²) < 4.78 is 29.4. The number of nitrogens with one attached hydrogen (secondary N) is 1. The molecule has 1 aliphatic rings. The number of rotatable bonds is 4. The normalized spacial score (nSPS) is 25.1. The van der Waals surface area contributed by atoms with Crippen molar-refractivity contribution in [3.63, 3.8) is 0 Å². The minimum absolute atomic E-state index is 0.380. The van der Waals surface area contributed by atoms with Crippen molar-refractivity contribution in [1.29, 1.82) is 0 Å². The highest BCUT2D eigenvalue weighted by Gasteiger charge is 2.18. The Labute approximate surface area is 85.5 Å². The van der Waals surface area contributed by atoms with Crippen LogP contribution in [-0.2, 0) is 14.8 Å². The van der Waals surface area contributed by atoms with Gasteiger partial charge in [0.15, 0.2) is 0 Å². The van der Waals surface area contributed by atoms with Gasteiger partial charge in [0.05, 0.1) is 19.5 Å². The lowest BCUT2D eigenvalue weighted by atomic mass is 10.2. The van der Waals surface area contributed by atoms with Crippen LogP contribution < -0.4 is 4.72 Å². The first kappa shape index (κ1) is 11.9. The van der Waals surface area contributed by atoms with Crippen LogP contribution in [0, 0.1) is 0 Å². The summed E-state index contributed by atoms with van der Waals surface area (Å²) in [5, 5.41) is 0. The van der Waals surface area contributed by atoms with Gasteiger partial charge in [0, 0.05) is 25.7 Å². The lowest BCUT2D eigenvalue weighted by Crippen LogP contribution is -2.46. The molecule has 0 spiro atoms. The third kappa shape index (κ3) is 4.36. The Kier molecular flexibility index (Phi) is 4.31. The average molecular weight is 222 g/mol. The molecule has 1 heterocycles. The van der Waals surface area contributed by atoms with Crippen LogP contribution >= 0.6 is 0 Å². The molecule has 5 nitrogen and oxygen atoms in total. The van der Waals surface area contributed by atoms with E-state index in [1.807, 2.05) is 0 Å². The monoisotopic (exact) mass is 222 g/mol. The summed E-state index contributed by atoms with van der Waals surface area (Å²) in [5.41, 5.74) is 0. The van der Waals surface area contributed by atoms with Crippen LogP contribution in [0.25, 0.3) is 0 Å². The quantitative estimate of drug-likeness (QED) is 0.680. The molecule has 0 aliphatic carbocycles. The Morgan fingerprint density at radius 3 is 2.86 bits per heavy atom. The van der Waals surface area contributed by atoms with Crippen LogP contribution in [0.5, 0.6) is 0 Å². The Morgan fingerprint density at radius 1 is 1.57 bits per heavy atom. The van der Waals surface area contributed by atoms with Crippen molar-refractivity contribution in [2.75, 3.05) is 39.1 Å². The van der Waals surface area contributed by atoms with Gasteiger partial charge in [-0.15, -0.1) is 0 Å². The lowest BCUT2D eigenvalue weighted by Gasteiger charge is -2.33. The van der Waals surface area contributed by atoms with Crippen LogP contribution in [0.2, 0.25) is 0 Å². The maximum Gasteiger partial charge on any atom is 0.208 e. The second kappa shape index (κ2) is 5.06. The maximum absolute atomic E-state index is 10.8. The fraction of sp³-hybridized carbons (Fsp3) is 1.00. The molecule has 84 valence electrons. The summed E-state index contributed by atoms with van der Waals surface area (Å²) in [7, 11) is -3.05. The molecular weight excluding hydrogens is 204 g/mol. The Morgan fingerprint density at radius 2 is 2.29 bits per heavy atom. The lowest BCUT2D eigenvalue weighted by molar-refractivity contribution is 0.000993. The zero-order valence-corrected chi connectivity index (χ0v) is 9.51. The van der Waals surface area contributed by atoms with Crippen molar-refractivity contribution in [2.24, 2.45) is 0 Å². The summed E-state index contributed by atoms with van der Waals surface area (Å²) in [4.78, 5) is 2.22. The van der Waals surface area contributed by atoms with Gasteiger partial charge in [-0.2, -0.15) is 0 Å². The van der Waals surface area contributed by atoms with Crippen molar-refractivity contribution in [3.05, 3.63) is 0 Å². The summed E-state index contributed by atoms with van der Waals surface area (Å²) in [5.74, 6) is 0. The molecule has 0 aromatic rings. The Balaban J connectivity index is 2.23. The van der Waals surface area contributed by atoms with Gasteiger partial charge in [-0.1, -0.05) is 0 Å². The van der Waals surface area contributed by atoms with E-state index in [2.05, 4.69) is 16.5 Å². The molecule has 0 saturated carbocycles. The molecule has 1 saturated heterocycles. The molecule has 0 aromatic carbocycles. The molecule has 0 aromatic heterocycles. The molecule has 6 heteroatoms. The van der Waals surface area contributed by atoms with E-state index in [-0.39, 0.29) is 0 Å². The van der Waals surface area contributed by atoms with Gasteiger partial charge in [0.2, 0.25) is 10.0 Å². The van der Waals surface area contributed by atoms with E-state index in [1.165, 1.54) is 6.26 Å². The van der Waals surface area contributed by atoms with E-state index in [0.29, 0.717) is 12.6 Å². The second-order valence-electron chi connectivity index (χ2n) is 3.63. The molecule has 14 heavy (non-hydrogen) atoms. The van der Waals surface area contributed by atoms with E-state index < -0.39 is 10.0 Å². The summed E-state index contributed by atoms with van der Waals surface area (Å²) in [6.07, 6.45) is 1.18. The van der Waals surface area contributed by atoms with Crippen molar-refractivity contribution in [3.8, 4) is 0 Å².